The number of hydrogen-bond acceptors (Lipinski definition) is 4. The summed E-state index contributed by atoms with van der Waals surface area (Å²) in [5.41, 5.74) is 2.95. The molecule has 1 atom stereocenters. The summed E-state index contributed by atoms with van der Waals surface area (Å²) in [6.07, 6.45) is 4.06. The molecule has 0 aliphatic carbocycles. The van der Waals surface area contributed by atoms with E-state index in [1.807, 2.05) is 18.2 Å². The smallest absolute Gasteiger partial charge is 0.252 e. The Labute approximate surface area is 140 Å². The van der Waals surface area contributed by atoms with Crippen molar-refractivity contribution < 1.29 is 4.79 Å². The van der Waals surface area contributed by atoms with Gasteiger partial charge in [0.15, 0.2) is 0 Å². The Morgan fingerprint density at radius 3 is 3.04 bits per heavy atom. The lowest BCUT2D eigenvalue weighted by atomic mass is 10.1. The molecule has 1 aliphatic rings. The van der Waals surface area contributed by atoms with Crippen LogP contribution in [0.4, 0.5) is 5.69 Å². The lowest BCUT2D eigenvalue weighted by Crippen LogP contribution is -2.31. The molecule has 1 aromatic heterocycles. The van der Waals surface area contributed by atoms with Crippen molar-refractivity contribution in [3.63, 3.8) is 0 Å². The van der Waals surface area contributed by atoms with Gasteiger partial charge in [-0.2, -0.15) is 10.2 Å². The summed E-state index contributed by atoms with van der Waals surface area (Å²) in [7, 11) is 0. The highest BCUT2D eigenvalue weighted by molar-refractivity contribution is 6.30. The lowest BCUT2D eigenvalue weighted by Gasteiger charge is -2.21. The molecule has 5 nitrogen and oxygen atoms in total. The molecule has 6 heteroatoms. The number of benzene rings is 1. The summed E-state index contributed by atoms with van der Waals surface area (Å²) < 4.78 is 0. The van der Waals surface area contributed by atoms with Gasteiger partial charge in [-0.1, -0.05) is 17.7 Å². The third-order valence-corrected chi connectivity index (χ3v) is 4.43. The number of amides is 1. The molecule has 2 aromatic rings. The molecule has 1 amide bonds. The van der Waals surface area contributed by atoms with Crippen LogP contribution in [0.2, 0.25) is 5.02 Å². The number of hydrogen-bond donors (Lipinski definition) is 1. The van der Waals surface area contributed by atoms with Gasteiger partial charge in [-0.15, -0.1) is 0 Å². The van der Waals surface area contributed by atoms with Crippen LogP contribution in [0.5, 0.6) is 0 Å². The molecule has 1 aromatic carbocycles. The van der Waals surface area contributed by atoms with Crippen molar-refractivity contribution in [1.82, 2.24) is 15.5 Å². The van der Waals surface area contributed by atoms with Crippen molar-refractivity contribution in [3.8, 4) is 0 Å². The molecular formula is C17H19ClN4O. The van der Waals surface area contributed by atoms with Gasteiger partial charge in [-0.05, 0) is 43.0 Å². The van der Waals surface area contributed by atoms with Gasteiger partial charge in [-0.3, -0.25) is 4.79 Å². The van der Waals surface area contributed by atoms with Gasteiger partial charge in [0.25, 0.3) is 5.91 Å². The van der Waals surface area contributed by atoms with E-state index in [9.17, 15) is 4.79 Å². The first-order chi connectivity index (χ1) is 11.1. The molecule has 1 aliphatic heterocycles. The first kappa shape index (κ1) is 15.7. The average molecular weight is 331 g/mol. The molecule has 0 unspecified atom stereocenters. The van der Waals surface area contributed by atoms with E-state index in [1.54, 1.807) is 6.07 Å². The van der Waals surface area contributed by atoms with Crippen LogP contribution in [-0.4, -0.2) is 35.7 Å². The Morgan fingerprint density at radius 1 is 1.39 bits per heavy atom. The zero-order valence-electron chi connectivity index (χ0n) is 13.0. The zero-order valence-corrected chi connectivity index (χ0v) is 13.8. The highest BCUT2D eigenvalue weighted by Crippen LogP contribution is 2.29. The Morgan fingerprint density at radius 2 is 2.26 bits per heavy atom. The fourth-order valence-electron chi connectivity index (χ4n) is 2.91. The van der Waals surface area contributed by atoms with Gasteiger partial charge in [0.1, 0.15) is 0 Å². The monoisotopic (exact) mass is 330 g/mol. The molecule has 23 heavy (non-hydrogen) atoms. The number of anilines is 1. The molecule has 0 bridgehead atoms. The summed E-state index contributed by atoms with van der Waals surface area (Å²) in [5, 5.41) is 11.1. The highest BCUT2D eigenvalue weighted by Gasteiger charge is 2.24. The summed E-state index contributed by atoms with van der Waals surface area (Å²) in [4.78, 5) is 14.4. The van der Waals surface area contributed by atoms with E-state index < -0.39 is 0 Å². The number of nitrogens with zero attached hydrogens (tertiary/aromatic N) is 3. The lowest BCUT2D eigenvalue weighted by molar-refractivity contribution is 0.0947. The van der Waals surface area contributed by atoms with E-state index in [0.717, 1.165) is 24.5 Å². The molecule has 1 N–H and O–H groups in total. The van der Waals surface area contributed by atoms with Gasteiger partial charge in [0.2, 0.25) is 0 Å². The van der Waals surface area contributed by atoms with Gasteiger partial charge in [-0.25, -0.2) is 0 Å². The van der Waals surface area contributed by atoms with Crippen LogP contribution in [0.1, 0.15) is 22.3 Å². The highest BCUT2D eigenvalue weighted by atomic mass is 35.5. The minimum atomic E-state index is -0.0997. The van der Waals surface area contributed by atoms with E-state index in [0.29, 0.717) is 18.0 Å². The second-order valence-corrected chi connectivity index (χ2v) is 6.31. The van der Waals surface area contributed by atoms with Crippen molar-refractivity contribution in [1.29, 1.82) is 0 Å². The summed E-state index contributed by atoms with van der Waals surface area (Å²) in [6.45, 7) is 4.67. The second-order valence-electron chi connectivity index (χ2n) is 5.87. The number of aromatic nitrogens is 2. The maximum absolute atomic E-state index is 12.0. The van der Waals surface area contributed by atoms with E-state index in [1.165, 1.54) is 23.6 Å². The number of nitrogens with one attached hydrogen (secondary N) is 1. The van der Waals surface area contributed by atoms with Crippen molar-refractivity contribution >= 4 is 23.2 Å². The molecular weight excluding hydrogens is 312 g/mol. The van der Waals surface area contributed by atoms with Crippen molar-refractivity contribution in [3.05, 3.63) is 52.8 Å². The predicted octanol–water partition coefficient (Wildman–Crippen LogP) is 2.69. The second kappa shape index (κ2) is 6.96. The van der Waals surface area contributed by atoms with E-state index in [2.05, 4.69) is 27.3 Å². The molecule has 3 rings (SSSR count). The standard InChI is InChI=1S/C17H19ClN4O/c1-12-2-3-15(18)8-16(12)22-7-5-13(11-22)9-19-17(23)14-4-6-20-21-10-14/h2-4,6,8,10,13H,5,7,9,11H2,1H3,(H,19,23)/t13-/m0/s1. The van der Waals surface area contributed by atoms with Gasteiger partial charge >= 0.3 is 0 Å². The summed E-state index contributed by atoms with van der Waals surface area (Å²) >= 11 is 6.11. The molecule has 1 saturated heterocycles. The largest absolute Gasteiger partial charge is 0.371 e. The molecule has 0 spiro atoms. The minimum absolute atomic E-state index is 0.0997. The van der Waals surface area contributed by atoms with Crippen LogP contribution in [0, 0.1) is 12.8 Å². The first-order valence-corrected chi connectivity index (χ1v) is 8.07. The number of rotatable bonds is 4. The van der Waals surface area contributed by atoms with Gasteiger partial charge < -0.3 is 10.2 Å². The van der Waals surface area contributed by atoms with Crippen molar-refractivity contribution in [2.24, 2.45) is 5.92 Å². The Hall–Kier alpha value is -2.14. The Kier molecular flexibility index (Phi) is 4.76. The number of aryl methyl sites for hydroxylation is 1. The van der Waals surface area contributed by atoms with Gasteiger partial charge in [0, 0.05) is 30.3 Å². The minimum Gasteiger partial charge on any atom is -0.371 e. The first-order valence-electron chi connectivity index (χ1n) is 7.69. The molecule has 120 valence electrons. The molecule has 0 radical (unpaired) electrons. The number of halogens is 1. The topological polar surface area (TPSA) is 58.1 Å². The third-order valence-electron chi connectivity index (χ3n) is 4.20. The van der Waals surface area contributed by atoms with Crippen molar-refractivity contribution in [2.45, 2.75) is 13.3 Å². The van der Waals surface area contributed by atoms with Crippen LogP contribution < -0.4 is 10.2 Å². The van der Waals surface area contributed by atoms with E-state index in [-0.39, 0.29) is 5.91 Å². The van der Waals surface area contributed by atoms with Crippen LogP contribution in [0.15, 0.2) is 36.7 Å². The fraction of sp³-hybridized carbons (Fsp3) is 0.353. The van der Waals surface area contributed by atoms with Gasteiger partial charge in [0.05, 0.1) is 18.0 Å². The quantitative estimate of drug-likeness (QED) is 0.936. The third kappa shape index (κ3) is 3.79. The molecule has 1 fully saturated rings. The summed E-state index contributed by atoms with van der Waals surface area (Å²) in [5.74, 6) is 0.337. The fourth-order valence-corrected chi connectivity index (χ4v) is 3.07. The molecule has 2 heterocycles. The van der Waals surface area contributed by atoms with Crippen LogP contribution >= 0.6 is 11.6 Å². The SMILES string of the molecule is Cc1ccc(Cl)cc1N1CC[C@@H](CNC(=O)c2ccnnc2)C1. The van der Waals surface area contributed by atoms with E-state index in [4.69, 9.17) is 11.6 Å². The van der Waals surface area contributed by atoms with Crippen LogP contribution in [0.3, 0.4) is 0 Å². The number of carbonyl (C=O) groups excluding carboxylic acids is 1. The Balaban J connectivity index is 1.56. The van der Waals surface area contributed by atoms with E-state index >= 15 is 0 Å². The molecule has 0 saturated carbocycles. The summed E-state index contributed by atoms with van der Waals surface area (Å²) in [6, 6.07) is 7.64. The van der Waals surface area contributed by atoms with Crippen LogP contribution in [0.25, 0.3) is 0 Å². The zero-order chi connectivity index (χ0) is 16.2. The van der Waals surface area contributed by atoms with Crippen molar-refractivity contribution in [2.75, 3.05) is 24.5 Å². The normalized spacial score (nSPS) is 17.3. The maximum atomic E-state index is 12.0. The van der Waals surface area contributed by atoms with Crippen LogP contribution in [-0.2, 0) is 0 Å². The Bertz CT molecular complexity index is 692. The maximum Gasteiger partial charge on any atom is 0.252 e. The average Bonchev–Trinajstić information content (AvgIpc) is 3.04. The number of carbonyl (C=O) groups is 1. The predicted molar refractivity (Wildman–Crippen MR) is 90.9 cm³/mol.